The molecule has 92 valence electrons. The molecule has 3 fully saturated rings. The molecule has 2 aliphatic carbocycles. The fraction of sp³-hybridized carbons (Fsp3) is 0.833. The fourth-order valence-electron chi connectivity index (χ4n) is 4.09. The summed E-state index contributed by atoms with van der Waals surface area (Å²) >= 11 is 0. The molecule has 5 nitrogen and oxygen atoms in total. The van der Waals surface area contributed by atoms with Crippen LogP contribution in [0, 0.1) is 22.7 Å². The van der Waals surface area contributed by atoms with Gasteiger partial charge in [0.05, 0.1) is 19.3 Å². The normalized spacial score (nSPS) is 45.0. The molecule has 0 spiro atoms. The van der Waals surface area contributed by atoms with Crippen LogP contribution < -0.4 is 0 Å². The Kier molecular flexibility index (Phi) is 2.22. The molecule has 0 aromatic heterocycles. The second-order valence-electron chi connectivity index (χ2n) is 5.20. The average Bonchev–Trinajstić information content (AvgIpc) is 2.68. The minimum absolute atomic E-state index is 0.0237. The highest BCUT2D eigenvalue weighted by Crippen LogP contribution is 2.73. The van der Waals surface area contributed by atoms with Crippen molar-refractivity contribution in [1.29, 1.82) is 5.26 Å². The van der Waals surface area contributed by atoms with E-state index in [9.17, 15) is 15.2 Å². The van der Waals surface area contributed by atoms with Crippen LogP contribution in [0.1, 0.15) is 19.3 Å². The fourth-order valence-corrected chi connectivity index (χ4v) is 4.09. The van der Waals surface area contributed by atoms with E-state index in [0.29, 0.717) is 32.7 Å². The number of nitriles is 1. The van der Waals surface area contributed by atoms with E-state index < -0.39 is 16.9 Å². The molecule has 1 aliphatic heterocycles. The van der Waals surface area contributed by atoms with Gasteiger partial charge in [0, 0.05) is 19.0 Å². The van der Waals surface area contributed by atoms with Gasteiger partial charge in [-0.15, -0.1) is 0 Å². The van der Waals surface area contributed by atoms with E-state index in [1.54, 1.807) is 0 Å². The summed E-state index contributed by atoms with van der Waals surface area (Å²) in [4.78, 5) is 13.6. The Morgan fingerprint density at radius 1 is 1.47 bits per heavy atom. The molecule has 0 bridgehead atoms. The molecular weight excluding hydrogens is 220 g/mol. The number of fused-ring (bicyclic) bond motifs is 1. The maximum atomic E-state index is 11.6. The lowest BCUT2D eigenvalue weighted by atomic mass is 9.94. The number of nitrogens with zero attached hydrogens (tertiary/aromatic N) is 2. The first-order valence-corrected chi connectivity index (χ1v) is 6.17. The third kappa shape index (κ3) is 1.08. The van der Waals surface area contributed by atoms with Crippen LogP contribution in [0.2, 0.25) is 0 Å². The van der Waals surface area contributed by atoms with Crippen molar-refractivity contribution in [2.24, 2.45) is 11.3 Å². The van der Waals surface area contributed by atoms with Crippen molar-refractivity contribution in [1.82, 2.24) is 4.90 Å². The first-order valence-electron chi connectivity index (χ1n) is 6.17. The Balaban J connectivity index is 1.95. The average molecular weight is 236 g/mol. The van der Waals surface area contributed by atoms with E-state index in [1.807, 2.05) is 0 Å². The second kappa shape index (κ2) is 3.44. The van der Waals surface area contributed by atoms with Crippen LogP contribution in [0.15, 0.2) is 0 Å². The number of rotatable bonds is 2. The number of carbonyl (C=O) groups is 1. The van der Waals surface area contributed by atoms with Gasteiger partial charge in [-0.25, -0.2) is 0 Å². The predicted octanol–water partition coefficient (Wildman–Crippen LogP) is 0.466. The zero-order chi connectivity index (χ0) is 12.1. The molecule has 0 amide bonds. The topological polar surface area (TPSA) is 73.6 Å². The van der Waals surface area contributed by atoms with Crippen LogP contribution in [-0.4, -0.2) is 47.8 Å². The SMILES string of the molecule is N#C[C@@]1(N2CCOCC2)[C@H]2CCC[C@]21C(=O)O. The lowest BCUT2D eigenvalue weighted by Gasteiger charge is -2.34. The Bertz CT molecular complexity index is 399. The molecule has 5 heteroatoms. The van der Waals surface area contributed by atoms with Crippen molar-refractivity contribution in [2.45, 2.75) is 24.8 Å². The highest BCUT2D eigenvalue weighted by molar-refractivity contribution is 5.85. The number of aliphatic carboxylic acids is 1. The van der Waals surface area contributed by atoms with Crippen LogP contribution in [0.25, 0.3) is 0 Å². The summed E-state index contributed by atoms with van der Waals surface area (Å²) in [7, 11) is 0. The Morgan fingerprint density at radius 3 is 2.71 bits per heavy atom. The maximum absolute atomic E-state index is 11.6. The summed E-state index contributed by atoms with van der Waals surface area (Å²) < 4.78 is 5.28. The Hall–Kier alpha value is -1.12. The van der Waals surface area contributed by atoms with Gasteiger partial charge in [0.2, 0.25) is 0 Å². The summed E-state index contributed by atoms with van der Waals surface area (Å²) in [6.45, 7) is 2.57. The summed E-state index contributed by atoms with van der Waals surface area (Å²) in [6.07, 6.45) is 2.46. The zero-order valence-electron chi connectivity index (χ0n) is 9.69. The molecule has 1 heterocycles. The van der Waals surface area contributed by atoms with E-state index in [-0.39, 0.29) is 5.92 Å². The van der Waals surface area contributed by atoms with Crippen molar-refractivity contribution in [2.75, 3.05) is 26.3 Å². The van der Waals surface area contributed by atoms with Crippen LogP contribution in [0.4, 0.5) is 0 Å². The number of ether oxygens (including phenoxy) is 1. The maximum Gasteiger partial charge on any atom is 0.313 e. The van der Waals surface area contributed by atoms with Gasteiger partial charge in [0.15, 0.2) is 0 Å². The molecule has 1 saturated heterocycles. The molecule has 3 atom stereocenters. The molecule has 2 saturated carbocycles. The first-order chi connectivity index (χ1) is 8.20. The standard InChI is InChI=1S/C12H16N2O3/c13-8-12(14-4-6-17-7-5-14)9-2-1-3-11(9,12)10(15)16/h9H,1-7H2,(H,15,16)/t9-,11+,12+/m0/s1. The minimum Gasteiger partial charge on any atom is -0.481 e. The number of morpholine rings is 1. The molecule has 3 aliphatic rings. The number of carboxylic acid groups (broad SMARTS) is 1. The quantitative estimate of drug-likeness (QED) is 0.754. The van der Waals surface area contributed by atoms with Crippen molar-refractivity contribution < 1.29 is 14.6 Å². The molecule has 17 heavy (non-hydrogen) atoms. The summed E-state index contributed by atoms with van der Waals surface area (Å²) in [5.74, 6) is -0.761. The molecule has 1 N–H and O–H groups in total. The largest absolute Gasteiger partial charge is 0.481 e. The van der Waals surface area contributed by atoms with Gasteiger partial charge in [-0.1, -0.05) is 6.42 Å². The summed E-state index contributed by atoms with van der Waals surface area (Å²) in [6, 6.07) is 2.34. The summed E-state index contributed by atoms with van der Waals surface area (Å²) in [5, 5.41) is 19.0. The molecule has 0 unspecified atom stereocenters. The molecule has 0 radical (unpaired) electrons. The van der Waals surface area contributed by atoms with Crippen LogP contribution in [0.5, 0.6) is 0 Å². The highest BCUT2D eigenvalue weighted by Gasteiger charge is 2.85. The summed E-state index contributed by atoms with van der Waals surface area (Å²) in [5.41, 5.74) is -1.54. The van der Waals surface area contributed by atoms with Crippen LogP contribution in [0.3, 0.4) is 0 Å². The Labute approximate surface area is 100.0 Å². The lowest BCUT2D eigenvalue weighted by Crippen LogP contribution is -2.49. The smallest absolute Gasteiger partial charge is 0.313 e. The van der Waals surface area contributed by atoms with E-state index in [2.05, 4.69) is 11.0 Å². The van der Waals surface area contributed by atoms with Crippen LogP contribution in [-0.2, 0) is 9.53 Å². The third-order valence-electron chi connectivity index (χ3n) is 4.82. The number of hydrogen-bond donors (Lipinski definition) is 1. The van der Waals surface area contributed by atoms with Crippen molar-refractivity contribution in [3.05, 3.63) is 0 Å². The molecule has 0 aromatic carbocycles. The number of hydrogen-bond acceptors (Lipinski definition) is 4. The lowest BCUT2D eigenvalue weighted by molar-refractivity contribution is -0.145. The Morgan fingerprint density at radius 2 is 2.18 bits per heavy atom. The predicted molar refractivity (Wildman–Crippen MR) is 58.1 cm³/mol. The van der Waals surface area contributed by atoms with E-state index >= 15 is 0 Å². The number of carboxylic acids is 1. The van der Waals surface area contributed by atoms with Gasteiger partial charge in [-0.05, 0) is 12.8 Å². The highest BCUT2D eigenvalue weighted by atomic mass is 16.5. The van der Waals surface area contributed by atoms with Gasteiger partial charge in [-0.2, -0.15) is 5.26 Å². The van der Waals surface area contributed by atoms with Crippen molar-refractivity contribution in [3.63, 3.8) is 0 Å². The van der Waals surface area contributed by atoms with Gasteiger partial charge >= 0.3 is 5.97 Å². The first kappa shape index (κ1) is 11.0. The molecular formula is C12H16N2O3. The zero-order valence-corrected chi connectivity index (χ0v) is 9.69. The van der Waals surface area contributed by atoms with Gasteiger partial charge in [0.1, 0.15) is 11.0 Å². The van der Waals surface area contributed by atoms with Crippen LogP contribution >= 0.6 is 0 Å². The van der Waals surface area contributed by atoms with E-state index in [1.165, 1.54) is 0 Å². The van der Waals surface area contributed by atoms with Crippen molar-refractivity contribution >= 4 is 5.97 Å². The third-order valence-corrected chi connectivity index (χ3v) is 4.82. The monoisotopic (exact) mass is 236 g/mol. The molecule has 3 rings (SSSR count). The van der Waals surface area contributed by atoms with Gasteiger partial charge in [0.25, 0.3) is 0 Å². The van der Waals surface area contributed by atoms with Gasteiger partial charge < -0.3 is 9.84 Å². The van der Waals surface area contributed by atoms with E-state index in [0.717, 1.165) is 12.8 Å². The van der Waals surface area contributed by atoms with Gasteiger partial charge in [-0.3, -0.25) is 9.69 Å². The van der Waals surface area contributed by atoms with E-state index in [4.69, 9.17) is 4.74 Å². The second-order valence-corrected chi connectivity index (χ2v) is 5.20. The van der Waals surface area contributed by atoms with Crippen molar-refractivity contribution in [3.8, 4) is 6.07 Å². The minimum atomic E-state index is -0.793. The molecule has 0 aromatic rings.